The molecule has 0 aliphatic heterocycles. The number of hydrogen-bond donors (Lipinski definition) is 2. The molecular weight excluding hydrogens is 190 g/mol. The summed E-state index contributed by atoms with van der Waals surface area (Å²) in [7, 11) is 0. The minimum Gasteiger partial charge on any atom is -0.398 e. The molecule has 1 aliphatic carbocycles. The highest BCUT2D eigenvalue weighted by Crippen LogP contribution is 2.23. The topological polar surface area (TPSA) is 82.0 Å². The molecule has 1 aliphatic rings. The first-order valence-electron chi connectivity index (χ1n) is 4.86. The molecule has 0 saturated heterocycles. The highest BCUT2D eigenvalue weighted by molar-refractivity contribution is 6.03. The van der Waals surface area contributed by atoms with Gasteiger partial charge in [0.2, 0.25) is 0 Å². The number of nitrogen functional groups attached to an aromatic ring is 1. The zero-order valence-corrected chi connectivity index (χ0v) is 8.26. The normalized spacial score (nSPS) is 24.3. The molecule has 4 heteroatoms. The highest BCUT2D eigenvalue weighted by atomic mass is 16.1. The third-order valence-electron chi connectivity index (χ3n) is 2.57. The summed E-state index contributed by atoms with van der Waals surface area (Å²) in [6.07, 6.45) is 7.44. The van der Waals surface area contributed by atoms with E-state index in [-0.39, 0.29) is 17.7 Å². The van der Waals surface area contributed by atoms with E-state index in [1.165, 1.54) is 6.20 Å². The van der Waals surface area contributed by atoms with E-state index in [0.29, 0.717) is 17.7 Å². The van der Waals surface area contributed by atoms with Crippen molar-refractivity contribution in [3.05, 3.63) is 36.2 Å². The Morgan fingerprint density at radius 1 is 1.47 bits per heavy atom. The molecule has 1 heterocycles. The molecular formula is C11H13N3O. The third-order valence-corrected chi connectivity index (χ3v) is 2.57. The summed E-state index contributed by atoms with van der Waals surface area (Å²) in [6, 6.07) is 1.61. The molecule has 2 atom stereocenters. The van der Waals surface area contributed by atoms with Crippen LogP contribution in [0.4, 0.5) is 5.69 Å². The van der Waals surface area contributed by atoms with E-state index in [9.17, 15) is 4.79 Å². The van der Waals surface area contributed by atoms with Crippen molar-refractivity contribution in [3.8, 4) is 0 Å². The molecule has 2 rings (SSSR count). The summed E-state index contributed by atoms with van der Waals surface area (Å²) < 4.78 is 0. The minimum absolute atomic E-state index is 0.00444. The fraction of sp³-hybridized carbons (Fsp3) is 0.273. The number of carbonyl (C=O) groups is 1. The van der Waals surface area contributed by atoms with Gasteiger partial charge in [0.15, 0.2) is 5.78 Å². The maximum Gasteiger partial charge on any atom is 0.173 e. The molecule has 0 saturated carbocycles. The number of rotatable bonds is 2. The summed E-state index contributed by atoms with van der Waals surface area (Å²) in [6.45, 7) is 0. The number of allylic oxidation sites excluding steroid dienone is 1. The van der Waals surface area contributed by atoms with Gasteiger partial charge in [0, 0.05) is 30.0 Å². The SMILES string of the molecule is Nc1ccncc1C(=O)C1C=CC(N)C1. The van der Waals surface area contributed by atoms with Gasteiger partial charge in [-0.25, -0.2) is 0 Å². The lowest BCUT2D eigenvalue weighted by atomic mass is 9.97. The molecule has 0 bridgehead atoms. The van der Waals surface area contributed by atoms with E-state index in [2.05, 4.69) is 4.98 Å². The summed E-state index contributed by atoms with van der Waals surface area (Å²) in [5.74, 6) is -0.142. The first-order chi connectivity index (χ1) is 7.18. The molecule has 0 spiro atoms. The van der Waals surface area contributed by atoms with E-state index in [0.717, 1.165) is 0 Å². The van der Waals surface area contributed by atoms with Gasteiger partial charge in [-0.1, -0.05) is 12.2 Å². The fourth-order valence-electron chi connectivity index (χ4n) is 1.73. The van der Waals surface area contributed by atoms with Crippen LogP contribution >= 0.6 is 0 Å². The Balaban J connectivity index is 2.22. The number of nitrogens with two attached hydrogens (primary N) is 2. The maximum absolute atomic E-state index is 12.0. The van der Waals surface area contributed by atoms with Crippen molar-refractivity contribution < 1.29 is 4.79 Å². The number of anilines is 1. The largest absolute Gasteiger partial charge is 0.398 e. The van der Waals surface area contributed by atoms with Crippen molar-refractivity contribution in [2.24, 2.45) is 11.7 Å². The third kappa shape index (κ3) is 1.89. The Bertz CT molecular complexity index is 414. The molecule has 1 aromatic rings. The number of hydrogen-bond acceptors (Lipinski definition) is 4. The second kappa shape index (κ2) is 3.82. The van der Waals surface area contributed by atoms with Gasteiger partial charge in [0.1, 0.15) is 0 Å². The van der Waals surface area contributed by atoms with Crippen molar-refractivity contribution in [2.75, 3.05) is 5.73 Å². The molecule has 2 unspecified atom stereocenters. The van der Waals surface area contributed by atoms with Crippen LogP contribution in [0.3, 0.4) is 0 Å². The van der Waals surface area contributed by atoms with Crippen LogP contribution < -0.4 is 11.5 Å². The number of nitrogens with zero attached hydrogens (tertiary/aromatic N) is 1. The summed E-state index contributed by atoms with van der Waals surface area (Å²) in [5.41, 5.74) is 12.4. The van der Waals surface area contributed by atoms with Crippen molar-refractivity contribution in [1.82, 2.24) is 4.98 Å². The summed E-state index contributed by atoms with van der Waals surface area (Å²) in [5, 5.41) is 0. The van der Waals surface area contributed by atoms with Crippen LogP contribution in [-0.4, -0.2) is 16.8 Å². The van der Waals surface area contributed by atoms with Gasteiger partial charge in [0.05, 0.1) is 5.56 Å². The fourth-order valence-corrected chi connectivity index (χ4v) is 1.73. The second-order valence-electron chi connectivity index (χ2n) is 3.72. The van der Waals surface area contributed by atoms with Crippen molar-refractivity contribution in [1.29, 1.82) is 0 Å². The smallest absolute Gasteiger partial charge is 0.173 e. The van der Waals surface area contributed by atoms with Gasteiger partial charge in [0.25, 0.3) is 0 Å². The summed E-state index contributed by atoms with van der Waals surface area (Å²) >= 11 is 0. The Morgan fingerprint density at radius 2 is 2.27 bits per heavy atom. The molecule has 0 fully saturated rings. The average molecular weight is 203 g/mol. The number of aromatic nitrogens is 1. The first kappa shape index (κ1) is 9.86. The van der Waals surface area contributed by atoms with Crippen LogP contribution in [0.1, 0.15) is 16.8 Å². The molecule has 1 aromatic heterocycles. The van der Waals surface area contributed by atoms with Gasteiger partial charge in [-0.05, 0) is 12.5 Å². The summed E-state index contributed by atoms with van der Waals surface area (Å²) in [4.78, 5) is 15.9. The van der Waals surface area contributed by atoms with Gasteiger partial charge < -0.3 is 11.5 Å². The number of Topliss-reactive ketones (excluding diaryl/α,β-unsaturated/α-hetero) is 1. The van der Waals surface area contributed by atoms with Crippen molar-refractivity contribution >= 4 is 11.5 Å². The molecule has 4 N–H and O–H groups in total. The second-order valence-corrected chi connectivity index (χ2v) is 3.72. The van der Waals surface area contributed by atoms with E-state index in [4.69, 9.17) is 11.5 Å². The monoisotopic (exact) mass is 203 g/mol. The van der Waals surface area contributed by atoms with Crippen LogP contribution in [0.5, 0.6) is 0 Å². The Kier molecular flexibility index (Phi) is 2.51. The van der Waals surface area contributed by atoms with Crippen LogP contribution in [0.25, 0.3) is 0 Å². The number of carbonyl (C=O) groups excluding carboxylic acids is 1. The minimum atomic E-state index is -0.147. The van der Waals surface area contributed by atoms with Crippen LogP contribution in [0.15, 0.2) is 30.6 Å². The van der Waals surface area contributed by atoms with E-state index in [1.54, 1.807) is 12.3 Å². The molecule has 4 nitrogen and oxygen atoms in total. The Hall–Kier alpha value is -1.68. The first-order valence-corrected chi connectivity index (χ1v) is 4.86. The van der Waals surface area contributed by atoms with E-state index in [1.807, 2.05) is 12.2 Å². The molecule has 0 amide bonds. The Labute approximate surface area is 88.0 Å². The maximum atomic E-state index is 12.0. The standard InChI is InChI=1S/C11H13N3O/c12-8-2-1-7(5-8)11(15)9-6-14-4-3-10(9)13/h1-4,6-8H,5,12H2,(H2,13,14). The lowest BCUT2D eigenvalue weighted by molar-refractivity contribution is 0.0943. The Morgan fingerprint density at radius 3 is 2.87 bits per heavy atom. The molecule has 0 aromatic carbocycles. The van der Waals surface area contributed by atoms with Gasteiger partial charge in [-0.3, -0.25) is 9.78 Å². The lowest BCUT2D eigenvalue weighted by Gasteiger charge is -2.09. The predicted molar refractivity (Wildman–Crippen MR) is 58.2 cm³/mol. The van der Waals surface area contributed by atoms with Gasteiger partial charge >= 0.3 is 0 Å². The highest BCUT2D eigenvalue weighted by Gasteiger charge is 2.24. The average Bonchev–Trinajstić information content (AvgIpc) is 2.65. The van der Waals surface area contributed by atoms with Crippen LogP contribution in [-0.2, 0) is 0 Å². The van der Waals surface area contributed by atoms with Crippen molar-refractivity contribution in [2.45, 2.75) is 12.5 Å². The zero-order chi connectivity index (χ0) is 10.8. The van der Waals surface area contributed by atoms with Crippen LogP contribution in [0, 0.1) is 5.92 Å². The van der Waals surface area contributed by atoms with E-state index >= 15 is 0 Å². The predicted octanol–water partition coefficient (Wildman–Crippen LogP) is 0.750. The molecule has 0 radical (unpaired) electrons. The molecule has 78 valence electrons. The van der Waals surface area contributed by atoms with Gasteiger partial charge in [-0.15, -0.1) is 0 Å². The zero-order valence-electron chi connectivity index (χ0n) is 8.26. The van der Waals surface area contributed by atoms with Crippen molar-refractivity contribution in [3.63, 3.8) is 0 Å². The molecule has 15 heavy (non-hydrogen) atoms. The van der Waals surface area contributed by atoms with E-state index < -0.39 is 0 Å². The van der Waals surface area contributed by atoms with Crippen LogP contribution in [0.2, 0.25) is 0 Å². The van der Waals surface area contributed by atoms with Gasteiger partial charge in [-0.2, -0.15) is 0 Å². The lowest BCUT2D eigenvalue weighted by Crippen LogP contribution is -2.19. The quantitative estimate of drug-likeness (QED) is 0.549. The number of ketones is 1. The number of pyridine rings is 1.